The molecule has 1 unspecified atom stereocenters. The van der Waals surface area contributed by atoms with Gasteiger partial charge in [0, 0.05) is 17.7 Å². The third kappa shape index (κ3) is 2.91. The third-order valence-corrected chi connectivity index (χ3v) is 5.25. The van der Waals surface area contributed by atoms with Gasteiger partial charge in [-0.1, -0.05) is 6.07 Å². The van der Waals surface area contributed by atoms with Gasteiger partial charge in [0.1, 0.15) is 12.1 Å². The lowest BCUT2D eigenvalue weighted by molar-refractivity contribution is -0.142. The average Bonchev–Trinajstić information content (AvgIpc) is 3.13. The van der Waals surface area contributed by atoms with Crippen molar-refractivity contribution in [3.8, 4) is 0 Å². The van der Waals surface area contributed by atoms with Crippen LogP contribution in [0.2, 0.25) is 0 Å². The molecule has 0 spiro atoms. The van der Waals surface area contributed by atoms with E-state index in [1.807, 2.05) is 17.5 Å². The number of aliphatic hydroxyl groups is 1. The van der Waals surface area contributed by atoms with Crippen LogP contribution in [0.15, 0.2) is 17.5 Å². The zero-order valence-corrected chi connectivity index (χ0v) is 12.9. The topological polar surface area (TPSA) is 86.7 Å². The van der Waals surface area contributed by atoms with Crippen LogP contribution in [0, 0.1) is 5.92 Å². The number of likely N-dealkylation sites (tertiary alicyclic amines) is 1. The summed E-state index contributed by atoms with van der Waals surface area (Å²) in [6.45, 7) is -0.157. The van der Waals surface area contributed by atoms with Gasteiger partial charge >= 0.3 is 0 Å². The van der Waals surface area contributed by atoms with Gasteiger partial charge in [-0.3, -0.25) is 19.3 Å². The number of hydrogen-bond acceptors (Lipinski definition) is 5. The molecule has 1 aromatic rings. The van der Waals surface area contributed by atoms with Crippen LogP contribution >= 0.6 is 11.3 Å². The van der Waals surface area contributed by atoms with E-state index >= 15 is 0 Å². The number of thiophene rings is 1. The minimum atomic E-state index is -1.05. The molecule has 1 aromatic heterocycles. The van der Waals surface area contributed by atoms with E-state index in [0.29, 0.717) is 0 Å². The standard InChI is InChI=1S/C15H18N2O4S/c18-12(8-17-13(19)5-6-14(17)20)16-9-15(21,10-3-4-10)11-2-1-7-22-11/h1-2,7,10,21H,3-6,8-9H2,(H,16,18). The highest BCUT2D eigenvalue weighted by molar-refractivity contribution is 7.10. The Morgan fingerprint density at radius 3 is 2.59 bits per heavy atom. The van der Waals surface area contributed by atoms with Crippen molar-refractivity contribution in [1.29, 1.82) is 0 Å². The van der Waals surface area contributed by atoms with Gasteiger partial charge in [0.15, 0.2) is 0 Å². The fourth-order valence-corrected chi connectivity index (χ4v) is 3.65. The molecular weight excluding hydrogens is 304 g/mol. The molecule has 2 heterocycles. The molecule has 1 atom stereocenters. The van der Waals surface area contributed by atoms with Gasteiger partial charge in [-0.2, -0.15) is 0 Å². The fraction of sp³-hybridized carbons (Fsp3) is 0.533. The van der Waals surface area contributed by atoms with Gasteiger partial charge in [0.05, 0.1) is 6.54 Å². The first-order valence-electron chi connectivity index (χ1n) is 7.37. The van der Waals surface area contributed by atoms with Crippen molar-refractivity contribution in [3.05, 3.63) is 22.4 Å². The number of nitrogens with zero attached hydrogens (tertiary/aromatic N) is 1. The molecule has 22 heavy (non-hydrogen) atoms. The van der Waals surface area contributed by atoms with Crippen molar-refractivity contribution in [2.45, 2.75) is 31.3 Å². The van der Waals surface area contributed by atoms with Crippen LogP contribution in [0.1, 0.15) is 30.6 Å². The van der Waals surface area contributed by atoms with Crippen molar-refractivity contribution >= 4 is 29.1 Å². The van der Waals surface area contributed by atoms with E-state index in [1.165, 1.54) is 11.3 Å². The largest absolute Gasteiger partial charge is 0.382 e. The van der Waals surface area contributed by atoms with Gasteiger partial charge in [-0.25, -0.2) is 0 Å². The molecule has 0 aromatic carbocycles. The summed E-state index contributed by atoms with van der Waals surface area (Å²) in [5.74, 6) is -0.882. The Labute approximate surface area is 132 Å². The predicted molar refractivity (Wildman–Crippen MR) is 79.9 cm³/mol. The smallest absolute Gasteiger partial charge is 0.240 e. The molecule has 1 saturated carbocycles. The highest BCUT2D eigenvalue weighted by Crippen LogP contribution is 2.46. The molecule has 3 amide bonds. The SMILES string of the molecule is O=C(CN1C(=O)CCC1=O)NCC(O)(c1cccs1)C1CC1. The lowest BCUT2D eigenvalue weighted by Gasteiger charge is -2.27. The van der Waals surface area contributed by atoms with Gasteiger partial charge < -0.3 is 10.4 Å². The second kappa shape index (κ2) is 5.81. The van der Waals surface area contributed by atoms with Crippen LogP contribution in [0.3, 0.4) is 0 Å². The van der Waals surface area contributed by atoms with E-state index in [1.54, 1.807) is 0 Å². The second-order valence-electron chi connectivity index (χ2n) is 5.83. The number of carbonyl (C=O) groups is 3. The van der Waals surface area contributed by atoms with Gasteiger partial charge in [0.2, 0.25) is 17.7 Å². The maximum atomic E-state index is 12.0. The molecule has 1 saturated heterocycles. The highest BCUT2D eigenvalue weighted by Gasteiger charge is 2.46. The summed E-state index contributed by atoms with van der Waals surface area (Å²) in [5, 5.41) is 15.4. The molecule has 0 bridgehead atoms. The van der Waals surface area contributed by atoms with E-state index in [0.717, 1.165) is 22.6 Å². The van der Waals surface area contributed by atoms with E-state index in [9.17, 15) is 19.5 Å². The first-order chi connectivity index (χ1) is 10.5. The number of carbonyl (C=O) groups excluding carboxylic acids is 3. The first-order valence-corrected chi connectivity index (χ1v) is 8.25. The molecule has 2 N–H and O–H groups in total. The number of amides is 3. The van der Waals surface area contributed by atoms with Crippen LogP contribution < -0.4 is 5.32 Å². The quantitative estimate of drug-likeness (QED) is 0.751. The minimum absolute atomic E-state index is 0.104. The van der Waals surface area contributed by atoms with Gasteiger partial charge in [-0.05, 0) is 30.2 Å². The van der Waals surface area contributed by atoms with Crippen LogP contribution in [0.4, 0.5) is 0 Å². The zero-order valence-electron chi connectivity index (χ0n) is 12.1. The summed E-state index contributed by atoms with van der Waals surface area (Å²) in [6.07, 6.45) is 2.22. The summed E-state index contributed by atoms with van der Waals surface area (Å²) in [7, 11) is 0. The van der Waals surface area contributed by atoms with Crippen molar-refractivity contribution in [2.24, 2.45) is 5.92 Å². The van der Waals surface area contributed by atoms with Crippen LogP contribution in [0.25, 0.3) is 0 Å². The lowest BCUT2D eigenvalue weighted by atomic mass is 9.95. The van der Waals surface area contributed by atoms with Crippen LogP contribution in [0.5, 0.6) is 0 Å². The number of rotatable bonds is 6. The Morgan fingerprint density at radius 1 is 1.36 bits per heavy atom. The van der Waals surface area contributed by atoms with Crippen molar-refractivity contribution < 1.29 is 19.5 Å². The monoisotopic (exact) mass is 322 g/mol. The molecule has 2 aliphatic rings. The van der Waals surface area contributed by atoms with Crippen molar-refractivity contribution in [2.75, 3.05) is 13.1 Å². The summed E-state index contributed by atoms with van der Waals surface area (Å²) in [6, 6.07) is 3.74. The summed E-state index contributed by atoms with van der Waals surface area (Å²) < 4.78 is 0. The van der Waals surface area contributed by atoms with Crippen LogP contribution in [-0.2, 0) is 20.0 Å². The molecule has 3 rings (SSSR count). The van der Waals surface area contributed by atoms with Crippen LogP contribution in [-0.4, -0.2) is 40.8 Å². The number of nitrogens with one attached hydrogen (secondary N) is 1. The summed E-state index contributed by atoms with van der Waals surface area (Å²) in [4.78, 5) is 36.8. The zero-order chi connectivity index (χ0) is 15.7. The molecular formula is C15H18N2O4S. The second-order valence-corrected chi connectivity index (χ2v) is 6.77. The normalized spacial score (nSPS) is 21.0. The Morgan fingerprint density at radius 2 is 2.05 bits per heavy atom. The molecule has 118 valence electrons. The maximum Gasteiger partial charge on any atom is 0.240 e. The molecule has 1 aliphatic heterocycles. The van der Waals surface area contributed by atoms with E-state index in [2.05, 4.69) is 5.32 Å². The summed E-state index contributed by atoms with van der Waals surface area (Å²) in [5.41, 5.74) is -1.05. The van der Waals surface area contributed by atoms with Crippen molar-refractivity contribution in [3.63, 3.8) is 0 Å². The van der Waals surface area contributed by atoms with Crippen molar-refractivity contribution in [1.82, 2.24) is 10.2 Å². The van der Waals surface area contributed by atoms with E-state index in [4.69, 9.17) is 0 Å². The molecule has 0 radical (unpaired) electrons. The number of hydrogen-bond donors (Lipinski definition) is 2. The maximum absolute atomic E-state index is 12.0. The highest BCUT2D eigenvalue weighted by atomic mass is 32.1. The molecule has 7 heteroatoms. The minimum Gasteiger partial charge on any atom is -0.382 e. The number of imide groups is 1. The van der Waals surface area contributed by atoms with Gasteiger partial charge in [0.25, 0.3) is 0 Å². The van der Waals surface area contributed by atoms with E-state index < -0.39 is 11.5 Å². The predicted octanol–water partition coefficient (Wildman–Crippen LogP) is 0.611. The first kappa shape index (κ1) is 15.2. The fourth-order valence-electron chi connectivity index (χ4n) is 2.75. The Bertz CT molecular complexity index is 581. The Balaban J connectivity index is 1.60. The lowest BCUT2D eigenvalue weighted by Crippen LogP contribution is -2.46. The third-order valence-electron chi connectivity index (χ3n) is 4.21. The van der Waals surface area contributed by atoms with Gasteiger partial charge in [-0.15, -0.1) is 11.3 Å². The Kier molecular flexibility index (Phi) is 4.01. The molecule has 1 aliphatic carbocycles. The van der Waals surface area contributed by atoms with E-state index in [-0.39, 0.29) is 43.7 Å². The Hall–Kier alpha value is -1.73. The molecule has 2 fully saturated rings. The molecule has 6 nitrogen and oxygen atoms in total. The summed E-state index contributed by atoms with van der Waals surface area (Å²) >= 11 is 1.46. The average molecular weight is 322 g/mol.